The number of aromatic nitrogens is 2. The Bertz CT molecular complexity index is 1030. The summed E-state index contributed by atoms with van der Waals surface area (Å²) in [7, 11) is 0. The molecule has 0 aliphatic carbocycles. The van der Waals surface area contributed by atoms with Crippen molar-refractivity contribution in [2.24, 2.45) is 0 Å². The van der Waals surface area contributed by atoms with Gasteiger partial charge in [-0.1, -0.05) is 46.3 Å². The van der Waals surface area contributed by atoms with E-state index in [2.05, 4.69) is 44.3 Å². The quantitative estimate of drug-likeness (QED) is 0.655. The molecule has 0 bridgehead atoms. The first-order valence-electron chi connectivity index (χ1n) is 9.54. The van der Waals surface area contributed by atoms with Crippen molar-refractivity contribution in [3.8, 4) is 17.0 Å². The van der Waals surface area contributed by atoms with Crippen LogP contribution >= 0.6 is 15.9 Å². The summed E-state index contributed by atoms with van der Waals surface area (Å²) in [5, 5.41) is 7.67. The second-order valence-electron chi connectivity index (χ2n) is 7.30. The zero-order valence-electron chi connectivity index (χ0n) is 15.3. The van der Waals surface area contributed by atoms with Gasteiger partial charge in [-0.05, 0) is 36.6 Å². The molecule has 0 radical (unpaired) electrons. The highest BCUT2D eigenvalue weighted by Crippen LogP contribution is 2.32. The van der Waals surface area contributed by atoms with Crippen molar-refractivity contribution in [2.45, 2.75) is 31.9 Å². The third kappa shape index (κ3) is 3.11. The summed E-state index contributed by atoms with van der Waals surface area (Å²) in [4.78, 5) is 15.1. The van der Waals surface area contributed by atoms with Crippen molar-refractivity contribution in [1.29, 1.82) is 0 Å². The van der Waals surface area contributed by atoms with Gasteiger partial charge in [-0.15, -0.1) is 0 Å². The lowest BCUT2D eigenvalue weighted by molar-refractivity contribution is -0.140. The van der Waals surface area contributed by atoms with Crippen molar-refractivity contribution in [3.63, 3.8) is 0 Å². The van der Waals surface area contributed by atoms with E-state index >= 15 is 0 Å². The van der Waals surface area contributed by atoms with E-state index in [1.807, 2.05) is 35.2 Å². The van der Waals surface area contributed by atoms with E-state index < -0.39 is 6.10 Å². The van der Waals surface area contributed by atoms with E-state index in [9.17, 15) is 4.79 Å². The lowest BCUT2D eigenvalue weighted by atomic mass is 9.98. The van der Waals surface area contributed by atoms with Gasteiger partial charge >= 0.3 is 0 Å². The Kier molecular flexibility index (Phi) is 4.43. The normalized spacial score (nSPS) is 18.2. The van der Waals surface area contributed by atoms with Crippen LogP contribution in [0.2, 0.25) is 0 Å². The first-order valence-corrected chi connectivity index (χ1v) is 10.3. The number of benzene rings is 2. The van der Waals surface area contributed by atoms with Crippen LogP contribution in [0.5, 0.6) is 5.75 Å². The highest BCUT2D eigenvalue weighted by molar-refractivity contribution is 9.10. The van der Waals surface area contributed by atoms with Crippen LogP contribution in [0.15, 0.2) is 53.0 Å². The Hall–Kier alpha value is -2.60. The second-order valence-corrected chi connectivity index (χ2v) is 8.22. The molecule has 28 heavy (non-hydrogen) atoms. The lowest BCUT2D eigenvalue weighted by Gasteiger charge is -2.33. The van der Waals surface area contributed by atoms with E-state index in [0.29, 0.717) is 19.5 Å². The zero-order chi connectivity index (χ0) is 19.1. The molecule has 2 aromatic carbocycles. The average molecular weight is 438 g/mol. The Balaban J connectivity index is 1.36. The summed E-state index contributed by atoms with van der Waals surface area (Å²) in [5.41, 5.74) is 5.41. The number of aryl methyl sites for hydroxylation is 1. The Morgan fingerprint density at radius 3 is 2.89 bits per heavy atom. The van der Waals surface area contributed by atoms with Gasteiger partial charge in [0.15, 0.2) is 6.10 Å². The third-order valence-electron chi connectivity index (χ3n) is 5.54. The minimum atomic E-state index is -0.415. The Morgan fingerprint density at radius 2 is 2.04 bits per heavy atom. The minimum absolute atomic E-state index is 0.0689. The smallest absolute Gasteiger partial charge is 0.263 e. The number of ether oxygens (including phenoxy) is 1. The molecule has 0 spiro atoms. The topological polar surface area (TPSA) is 58.2 Å². The monoisotopic (exact) mass is 437 g/mol. The maximum Gasteiger partial charge on any atom is 0.263 e. The molecule has 1 atom stereocenters. The summed E-state index contributed by atoms with van der Waals surface area (Å²) in [6.45, 7) is 1.26. The maximum absolute atomic E-state index is 13.2. The van der Waals surface area contributed by atoms with E-state index in [0.717, 1.165) is 51.1 Å². The molecule has 1 amide bonds. The first kappa shape index (κ1) is 17.5. The van der Waals surface area contributed by atoms with Crippen LogP contribution in [0.3, 0.4) is 0 Å². The molecule has 0 saturated heterocycles. The summed E-state index contributed by atoms with van der Waals surface area (Å²) >= 11 is 3.49. The van der Waals surface area contributed by atoms with Gasteiger partial charge in [0, 0.05) is 40.8 Å². The van der Waals surface area contributed by atoms with Crippen molar-refractivity contribution in [2.75, 3.05) is 6.54 Å². The maximum atomic E-state index is 13.2. The second kappa shape index (κ2) is 7.09. The van der Waals surface area contributed by atoms with E-state index in [1.54, 1.807) is 0 Å². The number of amides is 1. The fourth-order valence-electron chi connectivity index (χ4n) is 4.05. The van der Waals surface area contributed by atoms with Crippen molar-refractivity contribution < 1.29 is 9.53 Å². The molecule has 1 unspecified atom stereocenters. The van der Waals surface area contributed by atoms with Gasteiger partial charge in [-0.2, -0.15) is 5.10 Å². The number of rotatable bonds is 2. The number of hydrogen-bond donors (Lipinski definition) is 1. The Morgan fingerprint density at radius 1 is 1.18 bits per heavy atom. The van der Waals surface area contributed by atoms with Crippen LogP contribution in [-0.2, 0) is 24.2 Å². The largest absolute Gasteiger partial charge is 0.480 e. The fraction of sp³-hybridized carbons (Fsp3) is 0.273. The van der Waals surface area contributed by atoms with Crippen molar-refractivity contribution in [3.05, 3.63) is 69.8 Å². The minimum Gasteiger partial charge on any atom is -0.480 e. The van der Waals surface area contributed by atoms with Gasteiger partial charge in [0.2, 0.25) is 0 Å². The van der Waals surface area contributed by atoms with Gasteiger partial charge in [0.25, 0.3) is 5.91 Å². The SMILES string of the molecule is O=C(C1CCc2cc(Br)ccc2O1)N1CCc2[nH]nc(-c3ccccc3)c2C1. The molecule has 1 aromatic heterocycles. The molecule has 3 aromatic rings. The number of carbonyl (C=O) groups excluding carboxylic acids is 1. The summed E-state index contributed by atoms with van der Waals surface area (Å²) in [6, 6.07) is 16.1. The summed E-state index contributed by atoms with van der Waals surface area (Å²) in [6.07, 6.45) is 1.94. The molecule has 2 aliphatic rings. The van der Waals surface area contributed by atoms with Gasteiger partial charge in [-0.25, -0.2) is 0 Å². The summed E-state index contributed by atoms with van der Waals surface area (Å²) < 4.78 is 7.09. The predicted octanol–water partition coefficient (Wildman–Crippen LogP) is 4.12. The average Bonchev–Trinajstić information content (AvgIpc) is 3.16. The first-order chi connectivity index (χ1) is 13.7. The molecule has 2 aliphatic heterocycles. The van der Waals surface area contributed by atoms with Crippen LogP contribution in [0.4, 0.5) is 0 Å². The lowest BCUT2D eigenvalue weighted by Crippen LogP contribution is -2.45. The fourth-order valence-corrected chi connectivity index (χ4v) is 4.46. The molecule has 0 saturated carbocycles. The van der Waals surface area contributed by atoms with Gasteiger partial charge in [0.1, 0.15) is 5.75 Å². The van der Waals surface area contributed by atoms with Crippen LogP contribution < -0.4 is 4.74 Å². The standard InChI is InChI=1S/C22H20BrN3O2/c23-16-7-9-19-15(12-16)6-8-20(28-19)22(27)26-11-10-18-17(13-26)21(25-24-18)14-4-2-1-3-5-14/h1-5,7,9,12,20H,6,8,10-11,13H2,(H,24,25). The summed E-state index contributed by atoms with van der Waals surface area (Å²) in [5.74, 6) is 0.887. The molecule has 3 heterocycles. The third-order valence-corrected chi connectivity index (χ3v) is 6.03. The van der Waals surface area contributed by atoms with E-state index in [-0.39, 0.29) is 5.91 Å². The molecule has 5 nitrogen and oxygen atoms in total. The van der Waals surface area contributed by atoms with Crippen LogP contribution in [0.25, 0.3) is 11.3 Å². The van der Waals surface area contributed by atoms with Crippen molar-refractivity contribution >= 4 is 21.8 Å². The number of carbonyl (C=O) groups is 1. The number of H-pyrrole nitrogens is 1. The van der Waals surface area contributed by atoms with Crippen LogP contribution in [0.1, 0.15) is 23.2 Å². The van der Waals surface area contributed by atoms with Crippen LogP contribution in [-0.4, -0.2) is 33.7 Å². The van der Waals surface area contributed by atoms with E-state index in [4.69, 9.17) is 4.74 Å². The number of fused-ring (bicyclic) bond motifs is 2. The van der Waals surface area contributed by atoms with E-state index in [1.165, 1.54) is 0 Å². The molecule has 6 heteroatoms. The molecule has 0 fully saturated rings. The number of nitrogens with zero attached hydrogens (tertiary/aromatic N) is 2. The molecular weight excluding hydrogens is 418 g/mol. The molecule has 1 N–H and O–H groups in total. The number of halogens is 1. The number of nitrogens with one attached hydrogen (secondary N) is 1. The highest BCUT2D eigenvalue weighted by atomic mass is 79.9. The van der Waals surface area contributed by atoms with Crippen LogP contribution in [0, 0.1) is 0 Å². The Labute approximate surface area is 171 Å². The number of hydrogen-bond acceptors (Lipinski definition) is 3. The highest BCUT2D eigenvalue weighted by Gasteiger charge is 2.33. The van der Waals surface area contributed by atoms with Gasteiger partial charge < -0.3 is 9.64 Å². The zero-order valence-corrected chi connectivity index (χ0v) is 16.9. The predicted molar refractivity (Wildman–Crippen MR) is 110 cm³/mol. The van der Waals surface area contributed by atoms with Crippen molar-refractivity contribution in [1.82, 2.24) is 15.1 Å². The van der Waals surface area contributed by atoms with Gasteiger partial charge in [0.05, 0.1) is 5.69 Å². The molecular formula is C22H20BrN3O2. The molecule has 142 valence electrons. The van der Waals surface area contributed by atoms with Gasteiger partial charge in [-0.3, -0.25) is 9.89 Å². The number of aromatic amines is 1. The molecule has 5 rings (SSSR count).